The van der Waals surface area contributed by atoms with Gasteiger partial charge in [-0.15, -0.1) is 0 Å². The van der Waals surface area contributed by atoms with Crippen molar-refractivity contribution < 1.29 is 8.42 Å². The SMILES string of the molecule is CC(C)CS(=O)(=O)CC1CCCC1. The van der Waals surface area contributed by atoms with Crippen LogP contribution in [0.4, 0.5) is 0 Å². The van der Waals surface area contributed by atoms with Crippen molar-refractivity contribution in [3.8, 4) is 0 Å². The first kappa shape index (κ1) is 11.0. The predicted molar refractivity (Wildman–Crippen MR) is 55.4 cm³/mol. The molecular formula is C10H20O2S. The van der Waals surface area contributed by atoms with Gasteiger partial charge in [0, 0.05) is 0 Å². The van der Waals surface area contributed by atoms with Crippen LogP contribution in [-0.4, -0.2) is 19.9 Å². The second-order valence-electron chi connectivity index (χ2n) is 4.62. The van der Waals surface area contributed by atoms with Gasteiger partial charge in [-0.25, -0.2) is 8.42 Å². The highest BCUT2D eigenvalue weighted by atomic mass is 32.2. The molecule has 1 fully saturated rings. The van der Waals surface area contributed by atoms with Gasteiger partial charge in [0.25, 0.3) is 0 Å². The summed E-state index contributed by atoms with van der Waals surface area (Å²) in [5.41, 5.74) is 0. The zero-order valence-corrected chi connectivity index (χ0v) is 9.44. The molecule has 0 spiro atoms. The van der Waals surface area contributed by atoms with E-state index >= 15 is 0 Å². The van der Waals surface area contributed by atoms with E-state index in [-0.39, 0.29) is 5.92 Å². The monoisotopic (exact) mass is 204 g/mol. The van der Waals surface area contributed by atoms with Crippen LogP contribution in [0.1, 0.15) is 39.5 Å². The average molecular weight is 204 g/mol. The molecule has 78 valence electrons. The first-order chi connectivity index (χ1) is 5.99. The summed E-state index contributed by atoms with van der Waals surface area (Å²) in [7, 11) is -2.76. The summed E-state index contributed by atoms with van der Waals surface area (Å²) in [6.07, 6.45) is 4.69. The topological polar surface area (TPSA) is 34.1 Å². The van der Waals surface area contributed by atoms with Gasteiger partial charge in [-0.2, -0.15) is 0 Å². The van der Waals surface area contributed by atoms with Crippen molar-refractivity contribution in [1.29, 1.82) is 0 Å². The van der Waals surface area contributed by atoms with Gasteiger partial charge in [-0.05, 0) is 24.7 Å². The van der Waals surface area contributed by atoms with Gasteiger partial charge < -0.3 is 0 Å². The van der Waals surface area contributed by atoms with E-state index in [4.69, 9.17) is 0 Å². The minimum absolute atomic E-state index is 0.270. The molecule has 0 saturated heterocycles. The summed E-state index contributed by atoms with van der Waals surface area (Å²) in [6, 6.07) is 0. The van der Waals surface area contributed by atoms with Crippen LogP contribution in [0.15, 0.2) is 0 Å². The van der Waals surface area contributed by atoms with Gasteiger partial charge in [-0.3, -0.25) is 0 Å². The van der Waals surface area contributed by atoms with E-state index < -0.39 is 9.84 Å². The van der Waals surface area contributed by atoms with E-state index in [1.807, 2.05) is 13.8 Å². The predicted octanol–water partition coefficient (Wildman–Crippen LogP) is 2.25. The quantitative estimate of drug-likeness (QED) is 0.704. The fraction of sp³-hybridized carbons (Fsp3) is 1.00. The highest BCUT2D eigenvalue weighted by Crippen LogP contribution is 2.26. The molecule has 1 aliphatic rings. The zero-order chi connectivity index (χ0) is 9.90. The molecule has 0 N–H and O–H groups in total. The van der Waals surface area contributed by atoms with Crippen molar-refractivity contribution in [2.45, 2.75) is 39.5 Å². The Labute approximate surface area is 81.6 Å². The first-order valence-electron chi connectivity index (χ1n) is 5.20. The Morgan fingerprint density at radius 1 is 1.23 bits per heavy atom. The molecule has 0 bridgehead atoms. The highest BCUT2D eigenvalue weighted by Gasteiger charge is 2.22. The summed E-state index contributed by atoms with van der Waals surface area (Å²) in [5.74, 6) is 1.53. The van der Waals surface area contributed by atoms with Crippen LogP contribution in [0.25, 0.3) is 0 Å². The lowest BCUT2D eigenvalue weighted by atomic mass is 10.1. The molecule has 1 rings (SSSR count). The summed E-state index contributed by atoms with van der Waals surface area (Å²) >= 11 is 0. The Kier molecular flexibility index (Phi) is 3.77. The Balaban J connectivity index is 2.41. The number of sulfone groups is 1. The van der Waals surface area contributed by atoms with Crippen LogP contribution in [0.3, 0.4) is 0 Å². The molecule has 0 heterocycles. The Morgan fingerprint density at radius 2 is 1.77 bits per heavy atom. The van der Waals surface area contributed by atoms with Crippen molar-refractivity contribution in [2.75, 3.05) is 11.5 Å². The van der Waals surface area contributed by atoms with Crippen LogP contribution in [-0.2, 0) is 9.84 Å². The third kappa shape index (κ3) is 4.12. The summed E-state index contributed by atoms with van der Waals surface area (Å²) in [6.45, 7) is 3.93. The number of hydrogen-bond acceptors (Lipinski definition) is 2. The summed E-state index contributed by atoms with van der Waals surface area (Å²) in [4.78, 5) is 0. The zero-order valence-electron chi connectivity index (χ0n) is 8.62. The number of hydrogen-bond donors (Lipinski definition) is 0. The van der Waals surface area contributed by atoms with Crippen molar-refractivity contribution in [2.24, 2.45) is 11.8 Å². The van der Waals surface area contributed by atoms with E-state index in [0.717, 1.165) is 12.8 Å². The van der Waals surface area contributed by atoms with E-state index in [0.29, 0.717) is 17.4 Å². The summed E-state index contributed by atoms with van der Waals surface area (Å²) in [5, 5.41) is 0. The molecule has 2 nitrogen and oxygen atoms in total. The molecule has 0 aromatic rings. The molecule has 0 aromatic heterocycles. The maximum Gasteiger partial charge on any atom is 0.150 e. The minimum atomic E-state index is -2.76. The minimum Gasteiger partial charge on any atom is -0.229 e. The van der Waals surface area contributed by atoms with Crippen LogP contribution >= 0.6 is 0 Å². The molecule has 1 saturated carbocycles. The van der Waals surface area contributed by atoms with Gasteiger partial charge in [0.1, 0.15) is 0 Å². The fourth-order valence-corrected chi connectivity index (χ4v) is 4.32. The van der Waals surface area contributed by atoms with E-state index in [2.05, 4.69) is 0 Å². The molecular weight excluding hydrogens is 184 g/mol. The molecule has 0 aromatic carbocycles. The molecule has 13 heavy (non-hydrogen) atoms. The largest absolute Gasteiger partial charge is 0.229 e. The van der Waals surface area contributed by atoms with Crippen LogP contribution in [0.5, 0.6) is 0 Å². The van der Waals surface area contributed by atoms with Gasteiger partial charge in [0.2, 0.25) is 0 Å². The van der Waals surface area contributed by atoms with Gasteiger partial charge in [-0.1, -0.05) is 26.7 Å². The van der Waals surface area contributed by atoms with Crippen LogP contribution in [0.2, 0.25) is 0 Å². The van der Waals surface area contributed by atoms with Crippen molar-refractivity contribution in [1.82, 2.24) is 0 Å². The molecule has 0 unspecified atom stereocenters. The van der Waals surface area contributed by atoms with Crippen LogP contribution < -0.4 is 0 Å². The maximum absolute atomic E-state index is 11.6. The first-order valence-corrected chi connectivity index (χ1v) is 7.02. The van der Waals surface area contributed by atoms with Gasteiger partial charge in [0.05, 0.1) is 11.5 Å². The normalized spacial score (nSPS) is 19.9. The fourth-order valence-electron chi connectivity index (χ4n) is 2.11. The molecule has 3 heteroatoms. The lowest BCUT2D eigenvalue weighted by Crippen LogP contribution is -2.19. The molecule has 0 amide bonds. The second kappa shape index (κ2) is 4.45. The second-order valence-corrected chi connectivity index (χ2v) is 6.78. The smallest absolute Gasteiger partial charge is 0.150 e. The molecule has 0 aliphatic heterocycles. The molecule has 0 radical (unpaired) electrons. The van der Waals surface area contributed by atoms with E-state index in [9.17, 15) is 8.42 Å². The lowest BCUT2D eigenvalue weighted by molar-refractivity contribution is 0.549. The maximum atomic E-state index is 11.6. The summed E-state index contributed by atoms with van der Waals surface area (Å²) < 4.78 is 23.2. The average Bonchev–Trinajstić information content (AvgIpc) is 2.34. The lowest BCUT2D eigenvalue weighted by Gasteiger charge is -2.11. The van der Waals surface area contributed by atoms with Crippen molar-refractivity contribution >= 4 is 9.84 Å². The van der Waals surface area contributed by atoms with Crippen molar-refractivity contribution in [3.63, 3.8) is 0 Å². The van der Waals surface area contributed by atoms with Crippen molar-refractivity contribution in [3.05, 3.63) is 0 Å². The van der Waals surface area contributed by atoms with E-state index in [1.54, 1.807) is 0 Å². The van der Waals surface area contributed by atoms with Gasteiger partial charge in [0.15, 0.2) is 9.84 Å². The Bertz CT molecular complexity index is 236. The highest BCUT2D eigenvalue weighted by molar-refractivity contribution is 7.91. The third-order valence-electron chi connectivity index (χ3n) is 2.55. The Hall–Kier alpha value is -0.0500. The Morgan fingerprint density at radius 3 is 2.23 bits per heavy atom. The van der Waals surface area contributed by atoms with Gasteiger partial charge >= 0.3 is 0 Å². The molecule has 1 aliphatic carbocycles. The van der Waals surface area contributed by atoms with Crippen LogP contribution in [0, 0.1) is 11.8 Å². The molecule has 0 atom stereocenters. The van der Waals surface area contributed by atoms with E-state index in [1.165, 1.54) is 12.8 Å². The standard InChI is InChI=1S/C10H20O2S/c1-9(2)7-13(11,12)8-10-5-3-4-6-10/h9-10H,3-8H2,1-2H3. The number of rotatable bonds is 4. The third-order valence-corrected chi connectivity index (χ3v) is 4.71.